The van der Waals surface area contributed by atoms with Crippen molar-refractivity contribution in [1.29, 1.82) is 0 Å². The standard InChI is InChI=1S/C20H23FN4O/c21-15-6-7-18(22-12-15)20(9-10-20)14-23-19(26)24-16-8-11-25(13-16)17-4-2-1-3-5-17/h1-7,12,16H,8-11,13-14H2,(H2,23,24,26). The molecule has 2 fully saturated rings. The van der Waals surface area contributed by atoms with Crippen molar-refractivity contribution in [1.82, 2.24) is 15.6 Å². The van der Waals surface area contributed by atoms with Crippen LogP contribution in [-0.2, 0) is 5.41 Å². The Bertz CT molecular complexity index is 761. The van der Waals surface area contributed by atoms with E-state index in [0.717, 1.165) is 38.0 Å². The summed E-state index contributed by atoms with van der Waals surface area (Å²) in [6, 6.07) is 13.4. The van der Waals surface area contributed by atoms with Gasteiger partial charge in [0.2, 0.25) is 0 Å². The lowest BCUT2D eigenvalue weighted by Gasteiger charge is -2.20. The van der Waals surface area contributed by atoms with Crippen molar-refractivity contribution in [2.45, 2.75) is 30.7 Å². The summed E-state index contributed by atoms with van der Waals surface area (Å²) in [5.41, 5.74) is 1.92. The lowest BCUT2D eigenvalue weighted by atomic mass is 10.0. The Kier molecular flexibility index (Phi) is 4.49. The van der Waals surface area contributed by atoms with Gasteiger partial charge in [-0.1, -0.05) is 18.2 Å². The zero-order valence-corrected chi connectivity index (χ0v) is 14.6. The first kappa shape index (κ1) is 16.8. The molecule has 0 radical (unpaired) electrons. The molecule has 1 aliphatic heterocycles. The molecule has 2 N–H and O–H groups in total. The first-order chi connectivity index (χ1) is 12.6. The number of benzene rings is 1. The third-order valence-electron chi connectivity index (χ3n) is 5.36. The fraction of sp³-hybridized carbons (Fsp3) is 0.400. The summed E-state index contributed by atoms with van der Waals surface area (Å²) < 4.78 is 13.0. The van der Waals surface area contributed by atoms with Crippen LogP contribution in [0.1, 0.15) is 25.0 Å². The predicted molar refractivity (Wildman–Crippen MR) is 98.7 cm³/mol. The van der Waals surface area contributed by atoms with Crippen LogP contribution in [0, 0.1) is 5.82 Å². The van der Waals surface area contributed by atoms with E-state index in [1.54, 1.807) is 6.07 Å². The van der Waals surface area contributed by atoms with Crippen molar-refractivity contribution >= 4 is 11.7 Å². The van der Waals surface area contributed by atoms with E-state index in [1.165, 1.54) is 18.0 Å². The number of halogens is 1. The van der Waals surface area contributed by atoms with Gasteiger partial charge in [-0.3, -0.25) is 4.98 Å². The minimum absolute atomic E-state index is 0.128. The Morgan fingerprint density at radius 2 is 2.04 bits per heavy atom. The van der Waals surface area contributed by atoms with Crippen LogP contribution in [0.2, 0.25) is 0 Å². The molecule has 1 saturated carbocycles. The molecular weight excluding hydrogens is 331 g/mol. The van der Waals surface area contributed by atoms with Crippen LogP contribution < -0.4 is 15.5 Å². The van der Waals surface area contributed by atoms with E-state index in [-0.39, 0.29) is 23.3 Å². The van der Waals surface area contributed by atoms with Gasteiger partial charge in [0.15, 0.2) is 0 Å². The van der Waals surface area contributed by atoms with Gasteiger partial charge in [0, 0.05) is 42.5 Å². The number of amides is 2. The smallest absolute Gasteiger partial charge is 0.315 e. The van der Waals surface area contributed by atoms with Gasteiger partial charge in [-0.2, -0.15) is 0 Å². The van der Waals surface area contributed by atoms with Gasteiger partial charge in [-0.25, -0.2) is 9.18 Å². The number of aromatic nitrogens is 1. The summed E-state index contributed by atoms with van der Waals surface area (Å²) in [5.74, 6) is -0.334. The molecule has 2 heterocycles. The molecule has 5 nitrogen and oxygen atoms in total. The minimum atomic E-state index is -0.334. The molecule has 2 aliphatic rings. The molecule has 1 unspecified atom stereocenters. The van der Waals surface area contributed by atoms with E-state index in [2.05, 4.69) is 32.7 Å². The third kappa shape index (κ3) is 3.64. The maximum absolute atomic E-state index is 13.0. The molecule has 2 aromatic rings. The summed E-state index contributed by atoms with van der Waals surface area (Å²) in [7, 11) is 0. The second kappa shape index (κ2) is 6.94. The minimum Gasteiger partial charge on any atom is -0.369 e. The highest BCUT2D eigenvalue weighted by Gasteiger charge is 2.45. The normalized spacial score (nSPS) is 20.7. The molecule has 1 atom stereocenters. The van der Waals surface area contributed by atoms with Crippen LogP contribution in [0.3, 0.4) is 0 Å². The second-order valence-corrected chi connectivity index (χ2v) is 7.24. The number of hydrogen-bond donors (Lipinski definition) is 2. The monoisotopic (exact) mass is 354 g/mol. The number of para-hydroxylation sites is 1. The van der Waals surface area contributed by atoms with Crippen molar-refractivity contribution in [3.05, 3.63) is 60.2 Å². The molecular formula is C20H23FN4O. The second-order valence-electron chi connectivity index (χ2n) is 7.24. The Labute approximate surface area is 152 Å². The van der Waals surface area contributed by atoms with E-state index in [9.17, 15) is 9.18 Å². The average Bonchev–Trinajstić information content (AvgIpc) is 3.32. The van der Waals surface area contributed by atoms with E-state index < -0.39 is 0 Å². The molecule has 136 valence electrons. The summed E-state index contributed by atoms with van der Waals surface area (Å²) in [4.78, 5) is 18.8. The predicted octanol–water partition coefficient (Wildman–Crippen LogP) is 2.83. The van der Waals surface area contributed by atoms with Crippen LogP contribution in [0.25, 0.3) is 0 Å². The fourth-order valence-electron chi connectivity index (χ4n) is 3.60. The van der Waals surface area contributed by atoms with Crippen molar-refractivity contribution in [3.63, 3.8) is 0 Å². The summed E-state index contributed by atoms with van der Waals surface area (Å²) >= 11 is 0. The van der Waals surface area contributed by atoms with Gasteiger partial charge in [0.25, 0.3) is 0 Å². The molecule has 0 bridgehead atoms. The van der Waals surface area contributed by atoms with Crippen LogP contribution in [-0.4, -0.2) is 36.7 Å². The SMILES string of the molecule is O=C(NCC1(c2ccc(F)cn2)CC1)NC1CCN(c2ccccc2)C1. The molecule has 1 aliphatic carbocycles. The quantitative estimate of drug-likeness (QED) is 0.868. The number of nitrogens with one attached hydrogen (secondary N) is 2. The van der Waals surface area contributed by atoms with Crippen LogP contribution in [0.15, 0.2) is 48.7 Å². The summed E-state index contributed by atoms with van der Waals surface area (Å²) in [5, 5.41) is 6.05. The molecule has 4 rings (SSSR count). The van der Waals surface area contributed by atoms with E-state index in [0.29, 0.717) is 6.54 Å². The maximum Gasteiger partial charge on any atom is 0.315 e. The van der Waals surface area contributed by atoms with Crippen molar-refractivity contribution in [2.75, 3.05) is 24.5 Å². The average molecular weight is 354 g/mol. The Morgan fingerprint density at radius 1 is 1.23 bits per heavy atom. The lowest BCUT2D eigenvalue weighted by Crippen LogP contribution is -2.45. The number of nitrogens with zero attached hydrogens (tertiary/aromatic N) is 2. The fourth-order valence-corrected chi connectivity index (χ4v) is 3.60. The highest BCUT2D eigenvalue weighted by Crippen LogP contribution is 2.46. The number of rotatable bonds is 5. The van der Waals surface area contributed by atoms with Gasteiger partial charge in [-0.15, -0.1) is 0 Å². The Balaban J connectivity index is 1.27. The van der Waals surface area contributed by atoms with Crippen LogP contribution in [0.5, 0.6) is 0 Å². The zero-order valence-electron chi connectivity index (χ0n) is 14.6. The number of anilines is 1. The highest BCUT2D eigenvalue weighted by molar-refractivity contribution is 5.74. The molecule has 1 aromatic carbocycles. The van der Waals surface area contributed by atoms with Crippen LogP contribution >= 0.6 is 0 Å². The summed E-state index contributed by atoms with van der Waals surface area (Å²) in [6.45, 7) is 2.30. The number of urea groups is 1. The van der Waals surface area contributed by atoms with Gasteiger partial charge >= 0.3 is 6.03 Å². The first-order valence-corrected chi connectivity index (χ1v) is 9.11. The number of pyridine rings is 1. The van der Waals surface area contributed by atoms with Gasteiger partial charge in [0.05, 0.1) is 6.20 Å². The third-order valence-corrected chi connectivity index (χ3v) is 5.36. The Morgan fingerprint density at radius 3 is 2.73 bits per heavy atom. The molecule has 0 spiro atoms. The zero-order chi connectivity index (χ0) is 18.0. The number of hydrogen-bond acceptors (Lipinski definition) is 3. The molecule has 1 aromatic heterocycles. The largest absolute Gasteiger partial charge is 0.369 e. The molecule has 26 heavy (non-hydrogen) atoms. The summed E-state index contributed by atoms with van der Waals surface area (Å²) in [6.07, 6.45) is 4.12. The maximum atomic E-state index is 13.0. The number of carbonyl (C=O) groups excluding carboxylic acids is 1. The van der Waals surface area contributed by atoms with Crippen molar-refractivity contribution in [3.8, 4) is 0 Å². The topological polar surface area (TPSA) is 57.3 Å². The molecule has 6 heteroatoms. The van der Waals surface area contributed by atoms with Crippen molar-refractivity contribution in [2.24, 2.45) is 0 Å². The van der Waals surface area contributed by atoms with E-state index >= 15 is 0 Å². The molecule has 1 saturated heterocycles. The Hall–Kier alpha value is -2.63. The van der Waals surface area contributed by atoms with Gasteiger partial charge < -0.3 is 15.5 Å². The van der Waals surface area contributed by atoms with Gasteiger partial charge in [-0.05, 0) is 43.5 Å². The van der Waals surface area contributed by atoms with E-state index in [4.69, 9.17) is 0 Å². The van der Waals surface area contributed by atoms with Crippen molar-refractivity contribution < 1.29 is 9.18 Å². The molecule has 2 amide bonds. The number of carbonyl (C=O) groups is 1. The highest BCUT2D eigenvalue weighted by atomic mass is 19.1. The first-order valence-electron chi connectivity index (χ1n) is 9.11. The van der Waals surface area contributed by atoms with Gasteiger partial charge in [0.1, 0.15) is 5.82 Å². The van der Waals surface area contributed by atoms with E-state index in [1.807, 2.05) is 18.2 Å². The van der Waals surface area contributed by atoms with Crippen LogP contribution in [0.4, 0.5) is 14.9 Å². The lowest BCUT2D eigenvalue weighted by molar-refractivity contribution is 0.236.